The zero-order valence-electron chi connectivity index (χ0n) is 13.0. The van der Waals surface area contributed by atoms with Crippen LogP contribution in [0.1, 0.15) is 32.3 Å². The van der Waals surface area contributed by atoms with E-state index in [1.54, 1.807) is 12.1 Å². The Morgan fingerprint density at radius 2 is 2.05 bits per heavy atom. The molecule has 2 nitrogen and oxygen atoms in total. The topological polar surface area (TPSA) is 15.3 Å². The van der Waals surface area contributed by atoms with Crippen molar-refractivity contribution in [2.24, 2.45) is 11.8 Å². The number of hydrogen-bond donors (Lipinski definition) is 1. The standard InChI is InChI=1S/C17H26ClFN2/c1-13(2)10-20-11-14-5-7-21(8-6-14)12-15-9-16(18)3-4-17(15)19/h3-4,9,13-14,20H,5-8,10-12H2,1-2H3. The molecule has 1 saturated heterocycles. The summed E-state index contributed by atoms with van der Waals surface area (Å²) in [5, 5.41) is 4.15. The third kappa shape index (κ3) is 5.57. The summed E-state index contributed by atoms with van der Waals surface area (Å²) >= 11 is 5.95. The van der Waals surface area contributed by atoms with Crippen LogP contribution in [0.15, 0.2) is 18.2 Å². The van der Waals surface area contributed by atoms with Crippen molar-refractivity contribution in [2.45, 2.75) is 33.2 Å². The van der Waals surface area contributed by atoms with Gasteiger partial charge in [-0.05, 0) is 69.1 Å². The summed E-state index contributed by atoms with van der Waals surface area (Å²) in [5.41, 5.74) is 0.707. The molecule has 1 fully saturated rings. The molecule has 0 amide bonds. The number of piperidine rings is 1. The molecular formula is C17H26ClFN2. The summed E-state index contributed by atoms with van der Waals surface area (Å²) in [6, 6.07) is 4.81. The highest BCUT2D eigenvalue weighted by atomic mass is 35.5. The predicted octanol–water partition coefficient (Wildman–Crippen LogP) is 3.94. The number of rotatable bonds is 6. The normalized spacial score (nSPS) is 17.6. The van der Waals surface area contributed by atoms with Crippen LogP contribution in [-0.4, -0.2) is 31.1 Å². The van der Waals surface area contributed by atoms with Crippen LogP contribution in [0.2, 0.25) is 5.02 Å². The van der Waals surface area contributed by atoms with Gasteiger partial charge in [0.25, 0.3) is 0 Å². The van der Waals surface area contributed by atoms with Crippen molar-refractivity contribution in [3.05, 3.63) is 34.6 Å². The molecule has 0 spiro atoms. The van der Waals surface area contributed by atoms with Gasteiger partial charge in [0, 0.05) is 17.1 Å². The summed E-state index contributed by atoms with van der Waals surface area (Å²) in [4.78, 5) is 2.33. The van der Waals surface area contributed by atoms with Crippen molar-refractivity contribution in [2.75, 3.05) is 26.2 Å². The van der Waals surface area contributed by atoms with Gasteiger partial charge in [0.1, 0.15) is 5.82 Å². The zero-order chi connectivity index (χ0) is 15.2. The summed E-state index contributed by atoms with van der Waals surface area (Å²) in [6.45, 7) is 9.41. The number of benzene rings is 1. The second-order valence-corrected chi connectivity index (χ2v) is 6.94. The monoisotopic (exact) mass is 312 g/mol. The van der Waals surface area contributed by atoms with Gasteiger partial charge in [-0.2, -0.15) is 0 Å². The van der Waals surface area contributed by atoms with Gasteiger partial charge in [0.2, 0.25) is 0 Å². The molecule has 1 aliphatic rings. The second-order valence-electron chi connectivity index (χ2n) is 6.51. The number of halogens is 2. The highest BCUT2D eigenvalue weighted by molar-refractivity contribution is 6.30. The summed E-state index contributed by atoms with van der Waals surface area (Å²) in [5.74, 6) is 1.31. The van der Waals surface area contributed by atoms with E-state index in [9.17, 15) is 4.39 Å². The SMILES string of the molecule is CC(C)CNCC1CCN(Cc2cc(Cl)ccc2F)CC1. The molecule has 4 heteroatoms. The first-order valence-corrected chi connectivity index (χ1v) is 8.29. The number of nitrogens with zero attached hydrogens (tertiary/aromatic N) is 1. The molecule has 1 aromatic carbocycles. The van der Waals surface area contributed by atoms with Crippen molar-refractivity contribution < 1.29 is 4.39 Å². The molecule has 0 bridgehead atoms. The Kier molecular flexibility index (Phi) is 6.46. The fourth-order valence-corrected chi connectivity index (χ4v) is 3.02. The Labute approximate surface area is 132 Å². The molecule has 0 atom stereocenters. The third-order valence-corrected chi connectivity index (χ3v) is 4.33. The molecular weight excluding hydrogens is 287 g/mol. The quantitative estimate of drug-likeness (QED) is 0.856. The van der Waals surface area contributed by atoms with Crippen LogP contribution in [0.25, 0.3) is 0 Å². The maximum absolute atomic E-state index is 13.7. The second kappa shape index (κ2) is 8.11. The van der Waals surface area contributed by atoms with Gasteiger partial charge >= 0.3 is 0 Å². The zero-order valence-corrected chi connectivity index (χ0v) is 13.8. The van der Waals surface area contributed by atoms with E-state index in [-0.39, 0.29) is 5.82 Å². The summed E-state index contributed by atoms with van der Waals surface area (Å²) in [7, 11) is 0. The first-order valence-electron chi connectivity index (χ1n) is 7.91. The lowest BCUT2D eigenvalue weighted by Crippen LogP contribution is -2.37. The molecule has 0 unspecified atom stereocenters. The van der Waals surface area contributed by atoms with Crippen LogP contribution in [-0.2, 0) is 6.54 Å². The maximum Gasteiger partial charge on any atom is 0.127 e. The van der Waals surface area contributed by atoms with Crippen molar-refractivity contribution in [3.63, 3.8) is 0 Å². The lowest BCUT2D eigenvalue weighted by atomic mass is 9.96. The molecule has 0 radical (unpaired) electrons. The fourth-order valence-electron chi connectivity index (χ4n) is 2.83. The molecule has 1 aliphatic heterocycles. The maximum atomic E-state index is 13.7. The minimum atomic E-state index is -0.153. The van der Waals surface area contributed by atoms with Crippen LogP contribution in [0.5, 0.6) is 0 Å². The van der Waals surface area contributed by atoms with Crippen molar-refractivity contribution >= 4 is 11.6 Å². The fraction of sp³-hybridized carbons (Fsp3) is 0.647. The average Bonchev–Trinajstić information content (AvgIpc) is 2.44. The molecule has 1 aromatic rings. The van der Waals surface area contributed by atoms with Gasteiger partial charge in [0.15, 0.2) is 0 Å². The van der Waals surface area contributed by atoms with Gasteiger partial charge < -0.3 is 5.32 Å². The van der Waals surface area contributed by atoms with Crippen LogP contribution < -0.4 is 5.32 Å². The van der Waals surface area contributed by atoms with Crippen molar-refractivity contribution in [1.82, 2.24) is 10.2 Å². The Morgan fingerprint density at radius 3 is 2.71 bits per heavy atom. The Morgan fingerprint density at radius 1 is 1.33 bits per heavy atom. The van der Waals surface area contributed by atoms with Gasteiger partial charge in [-0.1, -0.05) is 25.4 Å². The number of nitrogens with one attached hydrogen (secondary N) is 1. The van der Waals surface area contributed by atoms with E-state index in [4.69, 9.17) is 11.6 Å². The van der Waals surface area contributed by atoms with Crippen molar-refractivity contribution in [1.29, 1.82) is 0 Å². The van der Waals surface area contributed by atoms with E-state index >= 15 is 0 Å². The Bertz CT molecular complexity index is 442. The van der Waals surface area contributed by atoms with Gasteiger partial charge in [0.05, 0.1) is 0 Å². The summed E-state index contributed by atoms with van der Waals surface area (Å²) in [6.07, 6.45) is 2.38. The van der Waals surface area contributed by atoms with Gasteiger partial charge in [-0.15, -0.1) is 0 Å². The lowest BCUT2D eigenvalue weighted by molar-refractivity contribution is 0.173. The lowest BCUT2D eigenvalue weighted by Gasteiger charge is -2.32. The third-order valence-electron chi connectivity index (χ3n) is 4.09. The molecule has 118 valence electrons. The van der Waals surface area contributed by atoms with Crippen LogP contribution in [0.4, 0.5) is 4.39 Å². The van der Waals surface area contributed by atoms with E-state index in [2.05, 4.69) is 24.1 Å². The van der Waals surface area contributed by atoms with E-state index in [1.807, 2.05) is 0 Å². The predicted molar refractivity (Wildman–Crippen MR) is 87.1 cm³/mol. The number of hydrogen-bond acceptors (Lipinski definition) is 2. The molecule has 1 heterocycles. The highest BCUT2D eigenvalue weighted by Crippen LogP contribution is 2.21. The molecule has 21 heavy (non-hydrogen) atoms. The molecule has 1 N–H and O–H groups in total. The molecule has 0 aliphatic carbocycles. The first kappa shape index (κ1) is 16.7. The highest BCUT2D eigenvalue weighted by Gasteiger charge is 2.19. The van der Waals surface area contributed by atoms with Gasteiger partial charge in [-0.3, -0.25) is 4.90 Å². The van der Waals surface area contributed by atoms with E-state index in [0.717, 1.165) is 32.1 Å². The van der Waals surface area contributed by atoms with Gasteiger partial charge in [-0.25, -0.2) is 4.39 Å². The Hall–Kier alpha value is -0.640. The first-order chi connectivity index (χ1) is 10.0. The largest absolute Gasteiger partial charge is 0.316 e. The number of likely N-dealkylation sites (tertiary alicyclic amines) is 1. The smallest absolute Gasteiger partial charge is 0.127 e. The van der Waals surface area contributed by atoms with Crippen LogP contribution in [0, 0.1) is 17.7 Å². The van der Waals surface area contributed by atoms with Crippen LogP contribution >= 0.6 is 11.6 Å². The van der Waals surface area contributed by atoms with E-state index in [0.29, 0.717) is 23.0 Å². The van der Waals surface area contributed by atoms with E-state index < -0.39 is 0 Å². The average molecular weight is 313 g/mol. The van der Waals surface area contributed by atoms with E-state index in [1.165, 1.54) is 18.9 Å². The van der Waals surface area contributed by atoms with Crippen LogP contribution in [0.3, 0.4) is 0 Å². The molecule has 2 rings (SSSR count). The Balaban J connectivity index is 1.75. The molecule has 0 aromatic heterocycles. The van der Waals surface area contributed by atoms with Crippen molar-refractivity contribution in [3.8, 4) is 0 Å². The minimum Gasteiger partial charge on any atom is -0.316 e. The minimum absolute atomic E-state index is 0.153. The summed E-state index contributed by atoms with van der Waals surface area (Å²) < 4.78 is 13.7. The molecule has 0 saturated carbocycles.